The number of benzene rings is 1. The predicted molar refractivity (Wildman–Crippen MR) is 75.0 cm³/mol. The number of nitrogens with zero attached hydrogens (tertiary/aromatic N) is 1. The highest BCUT2D eigenvalue weighted by Gasteiger charge is 2.22. The van der Waals surface area contributed by atoms with E-state index in [0.29, 0.717) is 13.0 Å². The van der Waals surface area contributed by atoms with Crippen molar-refractivity contribution in [3.63, 3.8) is 0 Å². The highest BCUT2D eigenvalue weighted by atomic mass is 16.5. The number of aryl methyl sites for hydroxylation is 1. The first-order valence-electron chi connectivity index (χ1n) is 6.86. The van der Waals surface area contributed by atoms with Crippen molar-refractivity contribution in [3.05, 3.63) is 29.3 Å². The second-order valence-corrected chi connectivity index (χ2v) is 5.01. The van der Waals surface area contributed by atoms with Gasteiger partial charge in [0.15, 0.2) is 0 Å². The predicted octanol–water partition coefficient (Wildman–Crippen LogP) is 1.71. The van der Waals surface area contributed by atoms with Crippen LogP contribution in [0.1, 0.15) is 30.9 Å². The molecule has 1 atom stereocenters. The van der Waals surface area contributed by atoms with Crippen molar-refractivity contribution >= 4 is 5.91 Å². The van der Waals surface area contributed by atoms with Crippen molar-refractivity contribution in [1.82, 2.24) is 4.90 Å². The molecule has 4 heteroatoms. The van der Waals surface area contributed by atoms with E-state index in [4.69, 9.17) is 10.5 Å². The Labute approximate surface area is 114 Å². The summed E-state index contributed by atoms with van der Waals surface area (Å²) < 4.78 is 5.25. The zero-order valence-corrected chi connectivity index (χ0v) is 11.7. The first-order valence-corrected chi connectivity index (χ1v) is 6.86. The Morgan fingerprint density at radius 3 is 2.95 bits per heavy atom. The zero-order valence-electron chi connectivity index (χ0n) is 11.7. The summed E-state index contributed by atoms with van der Waals surface area (Å²) in [5.74, 6) is 0.940. The van der Waals surface area contributed by atoms with Gasteiger partial charge in [0.05, 0.1) is 13.2 Å². The summed E-state index contributed by atoms with van der Waals surface area (Å²) >= 11 is 0. The molecule has 2 N–H and O–H groups in total. The normalized spacial score (nSPS) is 16.5. The van der Waals surface area contributed by atoms with Crippen LogP contribution >= 0.6 is 0 Å². The number of rotatable bonds is 3. The van der Waals surface area contributed by atoms with E-state index in [9.17, 15) is 4.79 Å². The molecule has 1 aliphatic heterocycles. The van der Waals surface area contributed by atoms with Crippen LogP contribution in [0.25, 0.3) is 0 Å². The Bertz CT molecular complexity index is 459. The average Bonchev–Trinajstić information content (AvgIpc) is 2.66. The molecule has 0 unspecified atom stereocenters. The van der Waals surface area contributed by atoms with Crippen molar-refractivity contribution in [2.75, 3.05) is 13.7 Å². The number of amides is 1. The van der Waals surface area contributed by atoms with Gasteiger partial charge in [0.1, 0.15) is 5.75 Å². The fourth-order valence-corrected chi connectivity index (χ4v) is 2.46. The lowest BCUT2D eigenvalue weighted by Gasteiger charge is -2.24. The van der Waals surface area contributed by atoms with Gasteiger partial charge in [-0.15, -0.1) is 0 Å². The first-order chi connectivity index (χ1) is 9.15. The summed E-state index contributed by atoms with van der Waals surface area (Å²) in [4.78, 5) is 14.1. The number of hydrogen-bond acceptors (Lipinski definition) is 3. The van der Waals surface area contributed by atoms with Crippen LogP contribution in [0.3, 0.4) is 0 Å². The van der Waals surface area contributed by atoms with Crippen LogP contribution in [-0.4, -0.2) is 30.5 Å². The Morgan fingerprint density at radius 1 is 1.47 bits per heavy atom. The SMILES string of the molecule is CC[C@H](N)C(=O)N1CCCc2cc(OC)ccc2C1. The summed E-state index contributed by atoms with van der Waals surface area (Å²) in [6.45, 7) is 3.38. The zero-order chi connectivity index (χ0) is 13.8. The highest BCUT2D eigenvalue weighted by Crippen LogP contribution is 2.23. The number of hydrogen-bond donors (Lipinski definition) is 1. The van der Waals surface area contributed by atoms with Crippen molar-refractivity contribution in [1.29, 1.82) is 0 Å². The molecule has 1 aromatic rings. The van der Waals surface area contributed by atoms with Crippen molar-refractivity contribution < 1.29 is 9.53 Å². The van der Waals surface area contributed by atoms with Gasteiger partial charge in [0, 0.05) is 13.1 Å². The van der Waals surface area contributed by atoms with E-state index in [0.717, 1.165) is 25.1 Å². The number of fused-ring (bicyclic) bond motifs is 1. The molecule has 0 radical (unpaired) electrons. The molecule has 0 saturated carbocycles. The van der Waals surface area contributed by atoms with E-state index < -0.39 is 0 Å². The van der Waals surface area contributed by atoms with Gasteiger partial charge in [-0.25, -0.2) is 0 Å². The molecular formula is C15H22N2O2. The van der Waals surface area contributed by atoms with Crippen LogP contribution in [0.2, 0.25) is 0 Å². The maximum absolute atomic E-state index is 12.2. The molecule has 19 heavy (non-hydrogen) atoms. The highest BCUT2D eigenvalue weighted by molar-refractivity contribution is 5.81. The topological polar surface area (TPSA) is 55.6 Å². The molecule has 0 spiro atoms. The number of nitrogens with two attached hydrogens (primary N) is 1. The Morgan fingerprint density at radius 2 is 2.26 bits per heavy atom. The number of ether oxygens (including phenoxy) is 1. The molecule has 1 aromatic carbocycles. The van der Waals surface area contributed by atoms with Crippen LogP contribution in [0, 0.1) is 0 Å². The molecule has 1 amide bonds. The summed E-state index contributed by atoms with van der Waals surface area (Å²) in [6, 6.07) is 5.70. The summed E-state index contributed by atoms with van der Waals surface area (Å²) in [5, 5.41) is 0. The van der Waals surface area contributed by atoms with Gasteiger partial charge in [-0.1, -0.05) is 13.0 Å². The standard InChI is InChI=1S/C15H22N2O2/c1-3-14(16)15(18)17-8-4-5-11-9-13(19-2)7-6-12(11)10-17/h6-7,9,14H,3-5,8,10,16H2,1-2H3/t14-/m0/s1. The Hall–Kier alpha value is -1.55. The van der Waals surface area contributed by atoms with Gasteiger partial charge < -0.3 is 15.4 Å². The van der Waals surface area contributed by atoms with Gasteiger partial charge in [-0.2, -0.15) is 0 Å². The first kappa shape index (κ1) is 13.9. The summed E-state index contributed by atoms with van der Waals surface area (Å²) in [7, 11) is 1.68. The molecule has 0 aromatic heterocycles. The number of methoxy groups -OCH3 is 1. The van der Waals surface area contributed by atoms with Crippen LogP contribution < -0.4 is 10.5 Å². The number of carbonyl (C=O) groups is 1. The quantitative estimate of drug-likeness (QED) is 0.902. The van der Waals surface area contributed by atoms with Gasteiger partial charge in [0.2, 0.25) is 5.91 Å². The van der Waals surface area contributed by atoms with Gasteiger partial charge in [0.25, 0.3) is 0 Å². The third-order valence-corrected chi connectivity index (χ3v) is 3.72. The monoisotopic (exact) mass is 262 g/mol. The molecule has 0 saturated heterocycles. The van der Waals surface area contributed by atoms with Crippen molar-refractivity contribution in [2.24, 2.45) is 5.73 Å². The molecule has 4 nitrogen and oxygen atoms in total. The molecular weight excluding hydrogens is 240 g/mol. The minimum absolute atomic E-state index is 0.0613. The van der Waals surface area contributed by atoms with Gasteiger partial charge >= 0.3 is 0 Å². The van der Waals surface area contributed by atoms with Crippen LogP contribution in [0.4, 0.5) is 0 Å². The summed E-state index contributed by atoms with van der Waals surface area (Å²) in [6.07, 6.45) is 2.64. The molecule has 2 rings (SSSR count). The van der Waals surface area contributed by atoms with E-state index in [-0.39, 0.29) is 11.9 Å². The fraction of sp³-hybridized carbons (Fsp3) is 0.533. The van der Waals surface area contributed by atoms with E-state index in [1.165, 1.54) is 11.1 Å². The van der Waals surface area contributed by atoms with Crippen molar-refractivity contribution in [3.8, 4) is 5.75 Å². The smallest absolute Gasteiger partial charge is 0.239 e. The maximum Gasteiger partial charge on any atom is 0.239 e. The van der Waals surface area contributed by atoms with Gasteiger partial charge in [-0.3, -0.25) is 4.79 Å². The maximum atomic E-state index is 12.2. The lowest BCUT2D eigenvalue weighted by Crippen LogP contribution is -2.43. The molecule has 0 fully saturated rings. The third-order valence-electron chi connectivity index (χ3n) is 3.72. The minimum atomic E-state index is -0.375. The Balaban J connectivity index is 2.18. The van der Waals surface area contributed by atoms with Crippen LogP contribution in [0.5, 0.6) is 5.75 Å². The van der Waals surface area contributed by atoms with E-state index >= 15 is 0 Å². The van der Waals surface area contributed by atoms with Crippen molar-refractivity contribution in [2.45, 2.75) is 38.8 Å². The molecule has 0 bridgehead atoms. The Kier molecular flexibility index (Phi) is 4.43. The molecule has 1 aliphatic rings. The number of carbonyl (C=O) groups excluding carboxylic acids is 1. The average molecular weight is 262 g/mol. The molecule has 104 valence electrons. The largest absolute Gasteiger partial charge is 0.497 e. The fourth-order valence-electron chi connectivity index (χ4n) is 2.46. The molecule has 0 aliphatic carbocycles. The third kappa shape index (κ3) is 3.07. The summed E-state index contributed by atoms with van der Waals surface area (Å²) in [5.41, 5.74) is 8.33. The lowest BCUT2D eigenvalue weighted by atomic mass is 10.0. The lowest BCUT2D eigenvalue weighted by molar-refractivity contribution is -0.133. The van der Waals surface area contributed by atoms with E-state index in [2.05, 4.69) is 12.1 Å². The second kappa shape index (κ2) is 6.06. The van der Waals surface area contributed by atoms with E-state index in [1.54, 1.807) is 7.11 Å². The van der Waals surface area contributed by atoms with Gasteiger partial charge in [-0.05, 0) is 42.5 Å². The minimum Gasteiger partial charge on any atom is -0.497 e. The second-order valence-electron chi connectivity index (χ2n) is 5.01. The molecule has 1 heterocycles. The van der Waals surface area contributed by atoms with E-state index in [1.807, 2.05) is 17.9 Å². The van der Waals surface area contributed by atoms with Crippen LogP contribution in [-0.2, 0) is 17.8 Å². The van der Waals surface area contributed by atoms with Crippen LogP contribution in [0.15, 0.2) is 18.2 Å².